The number of ether oxygens (including phenoxy) is 3. The van der Waals surface area contributed by atoms with Crippen molar-refractivity contribution in [3.05, 3.63) is 0 Å². The molecule has 0 radical (unpaired) electrons. The van der Waals surface area contributed by atoms with Crippen molar-refractivity contribution in [1.29, 1.82) is 0 Å². The Balaban J connectivity index is 0. The zero-order valence-corrected chi connectivity index (χ0v) is 12.7. The second kappa shape index (κ2) is 10.8. The van der Waals surface area contributed by atoms with Gasteiger partial charge < -0.3 is 19.3 Å². The van der Waals surface area contributed by atoms with Crippen LogP contribution in [0.4, 0.5) is 0 Å². The lowest BCUT2D eigenvalue weighted by atomic mass is 9.96. The van der Waals surface area contributed by atoms with Crippen LogP contribution in [0.5, 0.6) is 0 Å². The minimum absolute atomic E-state index is 0.148. The summed E-state index contributed by atoms with van der Waals surface area (Å²) in [6.45, 7) is 7.94. The number of hydrogen-bond donors (Lipinski definition) is 1. The second-order valence-corrected chi connectivity index (χ2v) is 4.73. The molecule has 0 fully saturated rings. The van der Waals surface area contributed by atoms with Crippen LogP contribution in [0.2, 0.25) is 0 Å². The van der Waals surface area contributed by atoms with Crippen molar-refractivity contribution in [2.45, 2.75) is 27.7 Å². The third kappa shape index (κ3) is 10.5. The molecule has 0 aromatic carbocycles. The molecule has 0 aromatic heterocycles. The highest BCUT2D eigenvalue weighted by Gasteiger charge is 2.26. The van der Waals surface area contributed by atoms with Gasteiger partial charge in [-0.05, 0) is 27.7 Å². The topological polar surface area (TPSA) is 82.1 Å². The van der Waals surface area contributed by atoms with Gasteiger partial charge in [0.25, 0.3) is 0 Å². The summed E-state index contributed by atoms with van der Waals surface area (Å²) in [6.07, 6.45) is 0. The molecule has 0 saturated carbocycles. The van der Waals surface area contributed by atoms with E-state index in [1.54, 1.807) is 34.8 Å². The predicted octanol–water partition coefficient (Wildman–Crippen LogP) is 1.58. The number of carboxylic acid groups (broad SMARTS) is 1. The third-order valence-electron chi connectivity index (χ3n) is 2.19. The Kier molecular flexibility index (Phi) is 11.4. The van der Waals surface area contributed by atoms with Crippen molar-refractivity contribution in [2.75, 3.05) is 34.0 Å². The van der Waals surface area contributed by atoms with Gasteiger partial charge >= 0.3 is 11.9 Å². The van der Waals surface area contributed by atoms with Crippen molar-refractivity contribution in [3.63, 3.8) is 0 Å². The molecule has 6 heteroatoms. The van der Waals surface area contributed by atoms with Crippen LogP contribution in [0.15, 0.2) is 0 Å². The third-order valence-corrected chi connectivity index (χ3v) is 2.19. The van der Waals surface area contributed by atoms with Crippen LogP contribution >= 0.6 is 0 Å². The number of esters is 1. The average molecular weight is 278 g/mol. The summed E-state index contributed by atoms with van der Waals surface area (Å²) in [5.41, 5.74) is -0.755. The first-order valence-corrected chi connectivity index (χ1v) is 6.10. The van der Waals surface area contributed by atoms with E-state index in [9.17, 15) is 9.59 Å². The first-order chi connectivity index (χ1) is 8.72. The maximum Gasteiger partial charge on any atom is 0.311 e. The highest BCUT2D eigenvalue weighted by atomic mass is 16.5. The Labute approximate surface area is 115 Å². The first kappa shape index (κ1) is 20.2. The fourth-order valence-corrected chi connectivity index (χ4v) is 1.03. The predicted molar refractivity (Wildman–Crippen MR) is 71.0 cm³/mol. The van der Waals surface area contributed by atoms with E-state index >= 15 is 0 Å². The quantitative estimate of drug-likeness (QED) is 0.712. The number of carbonyl (C=O) groups excluding carboxylic acids is 1. The molecule has 0 aliphatic carbocycles. The lowest BCUT2D eigenvalue weighted by molar-refractivity contribution is -0.150. The standard InChI is InChI=1S/C7H14O3.C6H12O3/c1-4-10-7(8)6(2)5-9-3;1-6(2,4-9-3)5(7)8/h6H,4-5H2,1-3H3;4H2,1-3H3,(H,7,8). The highest BCUT2D eigenvalue weighted by molar-refractivity contribution is 5.73. The minimum Gasteiger partial charge on any atom is -0.481 e. The van der Waals surface area contributed by atoms with E-state index in [0.29, 0.717) is 13.2 Å². The number of methoxy groups -OCH3 is 2. The van der Waals surface area contributed by atoms with Gasteiger partial charge in [0, 0.05) is 14.2 Å². The molecule has 0 aliphatic rings. The molecular formula is C13H26O6. The fourth-order valence-electron chi connectivity index (χ4n) is 1.03. The Morgan fingerprint density at radius 2 is 1.74 bits per heavy atom. The van der Waals surface area contributed by atoms with Crippen molar-refractivity contribution < 1.29 is 28.9 Å². The summed E-state index contributed by atoms with van der Waals surface area (Å²) in [6, 6.07) is 0. The molecule has 1 unspecified atom stereocenters. The van der Waals surface area contributed by atoms with E-state index in [-0.39, 0.29) is 18.5 Å². The molecule has 1 atom stereocenters. The molecule has 114 valence electrons. The van der Waals surface area contributed by atoms with Crippen LogP contribution in [0.3, 0.4) is 0 Å². The van der Waals surface area contributed by atoms with E-state index in [2.05, 4.69) is 4.74 Å². The van der Waals surface area contributed by atoms with Gasteiger partial charge in [-0.15, -0.1) is 0 Å². The molecule has 1 N–H and O–H groups in total. The van der Waals surface area contributed by atoms with Gasteiger partial charge in [-0.3, -0.25) is 9.59 Å². The monoisotopic (exact) mass is 278 g/mol. The number of rotatable bonds is 7. The lowest BCUT2D eigenvalue weighted by Gasteiger charge is -2.16. The molecule has 19 heavy (non-hydrogen) atoms. The molecule has 0 aromatic rings. The fraction of sp³-hybridized carbons (Fsp3) is 0.846. The highest BCUT2D eigenvalue weighted by Crippen LogP contribution is 2.14. The molecule has 0 spiro atoms. The summed E-state index contributed by atoms with van der Waals surface area (Å²) in [4.78, 5) is 21.2. The van der Waals surface area contributed by atoms with Gasteiger partial charge in [0.1, 0.15) is 0 Å². The molecule has 0 saturated heterocycles. The smallest absolute Gasteiger partial charge is 0.311 e. The van der Waals surface area contributed by atoms with Crippen molar-refractivity contribution in [1.82, 2.24) is 0 Å². The summed E-state index contributed by atoms with van der Waals surface area (Å²) in [5, 5.41) is 8.49. The molecule has 0 heterocycles. The van der Waals surface area contributed by atoms with Crippen LogP contribution in [0.25, 0.3) is 0 Å². The van der Waals surface area contributed by atoms with Gasteiger partial charge in [-0.25, -0.2) is 0 Å². The van der Waals surface area contributed by atoms with Crippen LogP contribution in [0, 0.1) is 11.3 Å². The van der Waals surface area contributed by atoms with Gasteiger partial charge in [0.15, 0.2) is 0 Å². The van der Waals surface area contributed by atoms with Crippen LogP contribution in [0.1, 0.15) is 27.7 Å². The van der Waals surface area contributed by atoms with E-state index in [1.807, 2.05) is 0 Å². The maximum atomic E-state index is 10.8. The van der Waals surface area contributed by atoms with Gasteiger partial charge in [-0.1, -0.05) is 0 Å². The van der Waals surface area contributed by atoms with Crippen molar-refractivity contribution >= 4 is 11.9 Å². The Morgan fingerprint density at radius 1 is 1.21 bits per heavy atom. The summed E-state index contributed by atoms with van der Waals surface area (Å²) in [7, 11) is 3.06. The van der Waals surface area contributed by atoms with E-state index in [4.69, 9.17) is 14.6 Å². The Morgan fingerprint density at radius 3 is 2.00 bits per heavy atom. The number of carboxylic acids is 1. The van der Waals surface area contributed by atoms with E-state index in [1.165, 1.54) is 7.11 Å². The van der Waals surface area contributed by atoms with Crippen molar-refractivity contribution in [3.8, 4) is 0 Å². The van der Waals surface area contributed by atoms with Gasteiger partial charge in [0.05, 0.1) is 31.2 Å². The number of carbonyl (C=O) groups is 2. The normalized spacial score (nSPS) is 12.1. The number of hydrogen-bond acceptors (Lipinski definition) is 5. The SMILES string of the molecule is CCOC(=O)C(C)COC.COCC(C)(C)C(=O)O. The molecule has 0 amide bonds. The van der Waals surface area contributed by atoms with Crippen LogP contribution in [-0.4, -0.2) is 51.1 Å². The Hall–Kier alpha value is -1.14. The van der Waals surface area contributed by atoms with Gasteiger partial charge in [-0.2, -0.15) is 0 Å². The lowest BCUT2D eigenvalue weighted by Crippen LogP contribution is -2.28. The van der Waals surface area contributed by atoms with E-state index < -0.39 is 11.4 Å². The molecule has 0 bridgehead atoms. The summed E-state index contributed by atoms with van der Waals surface area (Å²) >= 11 is 0. The Bertz CT molecular complexity index is 262. The zero-order chi connectivity index (χ0) is 15.5. The number of aliphatic carboxylic acids is 1. The molecule has 6 nitrogen and oxygen atoms in total. The molecule has 0 rings (SSSR count). The molecule has 0 aliphatic heterocycles. The molecular weight excluding hydrogens is 252 g/mol. The first-order valence-electron chi connectivity index (χ1n) is 6.10. The maximum absolute atomic E-state index is 10.8. The van der Waals surface area contributed by atoms with Crippen molar-refractivity contribution in [2.24, 2.45) is 11.3 Å². The second-order valence-electron chi connectivity index (χ2n) is 4.73. The summed E-state index contributed by atoms with van der Waals surface area (Å²) in [5.74, 6) is -1.17. The zero-order valence-electron chi connectivity index (χ0n) is 12.7. The van der Waals surface area contributed by atoms with Crippen LogP contribution < -0.4 is 0 Å². The summed E-state index contributed by atoms with van der Waals surface area (Å²) < 4.78 is 14.2. The largest absolute Gasteiger partial charge is 0.481 e. The average Bonchev–Trinajstić information content (AvgIpc) is 2.30. The minimum atomic E-state index is -0.829. The van der Waals surface area contributed by atoms with E-state index in [0.717, 1.165) is 0 Å². The van der Waals surface area contributed by atoms with Crippen LogP contribution in [-0.2, 0) is 23.8 Å². The van der Waals surface area contributed by atoms with Gasteiger partial charge in [0.2, 0.25) is 0 Å².